The van der Waals surface area contributed by atoms with E-state index in [1.807, 2.05) is 6.92 Å². The molecule has 1 heterocycles. The first-order valence-electron chi connectivity index (χ1n) is 5.65. The summed E-state index contributed by atoms with van der Waals surface area (Å²) in [7, 11) is 0. The monoisotopic (exact) mass is 343 g/mol. The van der Waals surface area contributed by atoms with Gasteiger partial charge in [0.1, 0.15) is 6.17 Å². The van der Waals surface area contributed by atoms with E-state index in [4.69, 9.17) is 12.2 Å². The van der Waals surface area contributed by atoms with Crippen LogP contribution in [0.2, 0.25) is 0 Å². The van der Waals surface area contributed by atoms with Crippen LogP contribution in [0.1, 0.15) is 34.1 Å². The predicted molar refractivity (Wildman–Crippen MR) is 69.6 cm³/mol. The second-order valence-electron chi connectivity index (χ2n) is 4.02. The van der Waals surface area contributed by atoms with Gasteiger partial charge in [-0.2, -0.15) is 0 Å². The zero-order valence-corrected chi connectivity index (χ0v) is 12.8. The molecule has 0 aromatic heterocycles. The zero-order chi connectivity index (χ0) is 13.3. The molecule has 1 aromatic carbocycles. The lowest BCUT2D eigenvalue weighted by atomic mass is 10.1. The number of quaternary nitrogens is 1. The van der Waals surface area contributed by atoms with E-state index in [-0.39, 0.29) is 28.8 Å². The number of amides is 2. The molecule has 1 aliphatic rings. The summed E-state index contributed by atoms with van der Waals surface area (Å²) in [4.78, 5) is 25.6. The van der Waals surface area contributed by atoms with Crippen molar-refractivity contribution in [2.75, 3.05) is 0 Å². The van der Waals surface area contributed by atoms with Gasteiger partial charge in [0.05, 0.1) is 11.1 Å². The molecule has 0 aliphatic carbocycles. The maximum Gasteiger partial charge on any atom is 0.266 e. The van der Waals surface area contributed by atoms with Gasteiger partial charge < -0.3 is 28.0 Å². The van der Waals surface area contributed by atoms with Crippen molar-refractivity contribution in [3.63, 3.8) is 0 Å². The third kappa shape index (κ3) is 2.83. The molecule has 4 N–H and O–H groups in total. The maximum atomic E-state index is 12.2. The Morgan fingerprint density at radius 2 is 1.79 bits per heavy atom. The molecule has 5 nitrogen and oxygen atoms in total. The van der Waals surface area contributed by atoms with E-state index in [0.717, 1.165) is 0 Å². The van der Waals surface area contributed by atoms with Gasteiger partial charge in [-0.3, -0.25) is 14.5 Å². The number of imide groups is 1. The summed E-state index contributed by atoms with van der Waals surface area (Å²) >= 11 is 4.87. The summed E-state index contributed by atoms with van der Waals surface area (Å²) in [5, 5.41) is 3.19. The second kappa shape index (κ2) is 6.23. The van der Waals surface area contributed by atoms with Crippen LogP contribution in [-0.4, -0.2) is 28.0 Å². The standard InChI is InChI=1S/C12H13N3O2S.BrH/c1-2-9(14-12(13)18)15-10(16)7-5-3-4-6-8(7)11(15)17;/h3-6,9H,2H2,1H3,(H3,13,14,18);1H. The molecular formula is C12H14BrN3O2S. The summed E-state index contributed by atoms with van der Waals surface area (Å²) in [6.07, 6.45) is 0.128. The summed E-state index contributed by atoms with van der Waals surface area (Å²) in [5.74, 6) is -0.572. The largest absolute Gasteiger partial charge is 1.00 e. The van der Waals surface area contributed by atoms with Crippen molar-refractivity contribution >= 4 is 29.1 Å². The van der Waals surface area contributed by atoms with E-state index in [9.17, 15) is 9.59 Å². The van der Waals surface area contributed by atoms with Crippen LogP contribution in [0, 0.1) is 0 Å². The number of fused-ring (bicyclic) bond motifs is 1. The molecule has 1 atom stereocenters. The molecule has 0 saturated heterocycles. The molecule has 102 valence electrons. The number of hydrogen-bond donors (Lipinski definition) is 2. The lowest BCUT2D eigenvalue weighted by Gasteiger charge is -2.24. The molecule has 2 rings (SSSR count). The van der Waals surface area contributed by atoms with E-state index in [1.54, 1.807) is 24.3 Å². The number of nitrogens with one attached hydrogen (secondary N) is 1. The minimum absolute atomic E-state index is 0. The van der Waals surface area contributed by atoms with Crippen molar-refractivity contribution in [3.05, 3.63) is 35.4 Å². The number of carbonyl (C=O) groups is 2. The maximum absolute atomic E-state index is 12.2. The predicted octanol–water partition coefficient (Wildman–Crippen LogP) is -2.86. The quantitative estimate of drug-likeness (QED) is 0.457. The Bertz CT molecular complexity index is 500. The molecule has 19 heavy (non-hydrogen) atoms. The Balaban J connectivity index is 0.00000180. The fraction of sp³-hybridized carbons (Fsp3) is 0.250. The van der Waals surface area contributed by atoms with Gasteiger partial charge >= 0.3 is 0 Å². The van der Waals surface area contributed by atoms with E-state index in [2.05, 4.69) is 11.1 Å². The smallest absolute Gasteiger partial charge is 0.266 e. The number of nitrogens with zero attached hydrogens (tertiary/aromatic N) is 1. The highest BCUT2D eigenvalue weighted by atomic mass is 79.9. The van der Waals surface area contributed by atoms with Crippen molar-refractivity contribution in [3.8, 4) is 0 Å². The number of carbonyl (C=O) groups excluding carboxylic acids is 2. The van der Waals surface area contributed by atoms with Gasteiger partial charge in [-0.15, -0.1) is 0 Å². The van der Waals surface area contributed by atoms with Crippen LogP contribution in [0.25, 0.3) is 0 Å². The third-order valence-electron chi connectivity index (χ3n) is 2.85. The summed E-state index contributed by atoms with van der Waals surface area (Å²) in [6.45, 7) is 1.87. The van der Waals surface area contributed by atoms with E-state index in [1.165, 1.54) is 4.90 Å². The Labute approximate surface area is 126 Å². The Kier molecular flexibility index (Phi) is 5.16. The number of rotatable bonds is 3. The Morgan fingerprint density at radius 3 is 2.16 bits per heavy atom. The fourth-order valence-corrected chi connectivity index (χ4v) is 2.16. The lowest BCUT2D eigenvalue weighted by molar-refractivity contribution is -0.216. The van der Waals surface area contributed by atoms with Crippen molar-refractivity contribution in [1.29, 1.82) is 0 Å². The Hall–Kier alpha value is -1.31. The summed E-state index contributed by atoms with van der Waals surface area (Å²) in [6, 6.07) is 6.80. The molecule has 0 saturated carbocycles. The number of benzene rings is 1. The van der Waals surface area contributed by atoms with Gasteiger partial charge in [0.2, 0.25) is 0 Å². The average molecular weight is 344 g/mol. The highest BCUT2D eigenvalue weighted by molar-refractivity contribution is 7.79. The highest BCUT2D eigenvalue weighted by Gasteiger charge is 2.39. The van der Waals surface area contributed by atoms with Gasteiger partial charge in [-0.25, -0.2) is 0 Å². The molecule has 1 aromatic rings. The molecule has 0 radical (unpaired) electrons. The third-order valence-corrected chi connectivity index (χ3v) is 2.97. The Morgan fingerprint density at radius 1 is 1.32 bits per heavy atom. The second-order valence-corrected chi connectivity index (χ2v) is 4.51. The van der Waals surface area contributed by atoms with Crippen molar-refractivity contribution in [2.24, 2.45) is 0 Å². The highest BCUT2D eigenvalue weighted by Crippen LogP contribution is 2.24. The van der Waals surface area contributed by atoms with Gasteiger partial charge in [-0.1, -0.05) is 19.1 Å². The van der Waals surface area contributed by atoms with Crippen LogP contribution >= 0.6 is 12.2 Å². The average Bonchev–Trinajstić information content (AvgIpc) is 2.60. The first-order valence-corrected chi connectivity index (χ1v) is 6.06. The lowest BCUT2D eigenvalue weighted by Crippen LogP contribution is -3.00. The van der Waals surface area contributed by atoms with E-state index < -0.39 is 6.17 Å². The van der Waals surface area contributed by atoms with Crippen LogP contribution in [0.4, 0.5) is 0 Å². The molecule has 1 aliphatic heterocycles. The van der Waals surface area contributed by atoms with E-state index in [0.29, 0.717) is 22.7 Å². The molecule has 0 bridgehead atoms. The van der Waals surface area contributed by atoms with Gasteiger partial charge in [0, 0.05) is 12.2 Å². The van der Waals surface area contributed by atoms with Crippen LogP contribution in [0.5, 0.6) is 0 Å². The van der Waals surface area contributed by atoms with Crippen molar-refractivity contribution < 1.29 is 32.3 Å². The fourth-order valence-electron chi connectivity index (χ4n) is 2.03. The number of halogens is 1. The molecule has 0 fully saturated rings. The van der Waals surface area contributed by atoms with Crippen LogP contribution in [0.15, 0.2) is 24.3 Å². The molecule has 2 amide bonds. The molecular weight excluding hydrogens is 330 g/mol. The van der Waals surface area contributed by atoms with Gasteiger partial charge in [0.25, 0.3) is 16.9 Å². The molecule has 7 heteroatoms. The molecule has 0 spiro atoms. The van der Waals surface area contributed by atoms with E-state index >= 15 is 0 Å². The summed E-state index contributed by atoms with van der Waals surface area (Å²) < 4.78 is 0. The first-order chi connectivity index (χ1) is 8.56. The van der Waals surface area contributed by atoms with Crippen molar-refractivity contribution in [2.45, 2.75) is 19.5 Å². The normalized spacial score (nSPS) is 14.7. The first kappa shape index (κ1) is 15.7. The zero-order valence-electron chi connectivity index (χ0n) is 10.4. The molecule has 1 unspecified atom stereocenters. The van der Waals surface area contributed by atoms with Crippen LogP contribution in [-0.2, 0) is 0 Å². The number of thiocarbonyl (C=S) groups is 1. The minimum Gasteiger partial charge on any atom is -1.00 e. The van der Waals surface area contributed by atoms with Crippen molar-refractivity contribution in [1.82, 2.24) is 10.2 Å². The summed E-state index contributed by atoms with van der Waals surface area (Å²) in [5.41, 5.74) is 4.45. The van der Waals surface area contributed by atoms with Crippen LogP contribution < -0.4 is 28.0 Å². The van der Waals surface area contributed by atoms with Gasteiger partial charge in [0.15, 0.2) is 0 Å². The van der Waals surface area contributed by atoms with Gasteiger partial charge in [-0.05, 0) is 18.6 Å². The van der Waals surface area contributed by atoms with Crippen LogP contribution in [0.3, 0.4) is 0 Å². The number of hydrogen-bond acceptors (Lipinski definition) is 3. The topological polar surface area (TPSA) is 77.1 Å². The SMILES string of the molecule is CCC(NC([NH3+])=S)N1C(=O)c2ccccc2C1=O.[Br-]. The minimum atomic E-state index is -0.442.